The molecule has 1 heterocycles. The number of hydrogen-bond donors (Lipinski definition) is 1. The van der Waals surface area contributed by atoms with Gasteiger partial charge in [-0.1, -0.05) is 27.5 Å². The molecule has 3 rings (SSSR count). The number of benzene rings is 2. The highest BCUT2D eigenvalue weighted by Gasteiger charge is 2.30. The summed E-state index contributed by atoms with van der Waals surface area (Å²) in [4.78, 5) is 30.6. The van der Waals surface area contributed by atoms with Crippen molar-refractivity contribution in [3.8, 4) is 5.75 Å². The molecule has 0 bridgehead atoms. The predicted molar refractivity (Wildman–Crippen MR) is 119 cm³/mol. The average molecular weight is 496 g/mol. The summed E-state index contributed by atoms with van der Waals surface area (Å²) in [6.07, 6.45) is 1.57. The standard InChI is InChI=1S/C20H16BrClN2O4S/c1-3-28-19(27)11-4-6-14(7-5-11)23-20-24(2)18(26)16(29-20)9-12-8-13(21)10-15(22)17(12)25/h4-10,25H,3H2,1-2H3/b16-9-,23-20?. The minimum absolute atomic E-state index is 0.0987. The Morgan fingerprint density at radius 2 is 2.03 bits per heavy atom. The van der Waals surface area contributed by atoms with E-state index >= 15 is 0 Å². The van der Waals surface area contributed by atoms with Crippen LogP contribution in [0.5, 0.6) is 5.75 Å². The number of phenolic OH excluding ortho intramolecular Hbond substituents is 1. The van der Waals surface area contributed by atoms with Gasteiger partial charge in [0.05, 0.1) is 27.8 Å². The molecule has 1 aliphatic rings. The highest BCUT2D eigenvalue weighted by molar-refractivity contribution is 9.10. The van der Waals surface area contributed by atoms with Gasteiger partial charge in [0.25, 0.3) is 5.91 Å². The third-order valence-corrected chi connectivity index (χ3v) is 5.76. The van der Waals surface area contributed by atoms with Crippen molar-refractivity contribution in [2.24, 2.45) is 4.99 Å². The summed E-state index contributed by atoms with van der Waals surface area (Å²) in [7, 11) is 1.62. The molecular formula is C20H16BrClN2O4S. The predicted octanol–water partition coefficient (Wildman–Crippen LogP) is 5.22. The summed E-state index contributed by atoms with van der Waals surface area (Å²) in [5, 5.41) is 10.8. The summed E-state index contributed by atoms with van der Waals surface area (Å²) >= 11 is 10.5. The van der Waals surface area contributed by atoms with Gasteiger partial charge < -0.3 is 9.84 Å². The topological polar surface area (TPSA) is 79.2 Å². The molecule has 29 heavy (non-hydrogen) atoms. The lowest BCUT2D eigenvalue weighted by atomic mass is 10.2. The third kappa shape index (κ3) is 4.83. The fourth-order valence-electron chi connectivity index (χ4n) is 2.49. The second-order valence-electron chi connectivity index (χ2n) is 5.96. The number of carbonyl (C=O) groups excluding carboxylic acids is 2. The number of likely N-dealkylation sites (N-methyl/N-ethyl adjacent to an activating group) is 1. The van der Waals surface area contributed by atoms with E-state index in [4.69, 9.17) is 16.3 Å². The highest BCUT2D eigenvalue weighted by Crippen LogP contribution is 2.37. The Bertz CT molecular complexity index is 1040. The first-order valence-electron chi connectivity index (χ1n) is 8.51. The first-order chi connectivity index (χ1) is 13.8. The van der Waals surface area contributed by atoms with Gasteiger partial charge in [-0.25, -0.2) is 9.79 Å². The Labute approximate surface area is 185 Å². The number of amides is 1. The molecule has 1 saturated heterocycles. The molecule has 0 saturated carbocycles. The molecule has 2 aromatic carbocycles. The SMILES string of the molecule is CCOC(=O)c1ccc(N=C2S/C(=C\c3cc(Br)cc(Cl)c3O)C(=O)N2C)cc1. The van der Waals surface area contributed by atoms with E-state index in [1.165, 1.54) is 16.7 Å². The van der Waals surface area contributed by atoms with Gasteiger partial charge >= 0.3 is 5.97 Å². The quantitative estimate of drug-likeness (QED) is 0.465. The first-order valence-corrected chi connectivity index (χ1v) is 10.5. The molecule has 0 atom stereocenters. The summed E-state index contributed by atoms with van der Waals surface area (Å²) in [6.45, 7) is 2.05. The number of aliphatic imine (C=N–C) groups is 1. The van der Waals surface area contributed by atoms with Crippen LogP contribution in [-0.2, 0) is 9.53 Å². The monoisotopic (exact) mass is 494 g/mol. The number of esters is 1. The van der Waals surface area contributed by atoms with Gasteiger partial charge in [-0.05, 0) is 61.2 Å². The van der Waals surface area contributed by atoms with Crippen LogP contribution in [0.4, 0.5) is 5.69 Å². The summed E-state index contributed by atoms with van der Waals surface area (Å²) in [5.74, 6) is -0.738. The number of halogens is 2. The van der Waals surface area contributed by atoms with Crippen LogP contribution in [0.15, 0.2) is 50.8 Å². The van der Waals surface area contributed by atoms with Crippen LogP contribution in [0, 0.1) is 0 Å². The zero-order valence-corrected chi connectivity index (χ0v) is 18.6. The number of carbonyl (C=O) groups is 2. The smallest absolute Gasteiger partial charge is 0.338 e. The maximum Gasteiger partial charge on any atom is 0.338 e. The van der Waals surface area contributed by atoms with Crippen LogP contribution < -0.4 is 0 Å². The number of aromatic hydroxyl groups is 1. The lowest BCUT2D eigenvalue weighted by molar-refractivity contribution is -0.121. The molecule has 2 aromatic rings. The zero-order chi connectivity index (χ0) is 21.1. The number of phenols is 1. The van der Waals surface area contributed by atoms with Gasteiger partial charge in [0.2, 0.25) is 0 Å². The molecule has 0 aromatic heterocycles. The van der Waals surface area contributed by atoms with Crippen LogP contribution in [0.1, 0.15) is 22.8 Å². The van der Waals surface area contributed by atoms with E-state index < -0.39 is 5.97 Å². The van der Waals surface area contributed by atoms with Crippen molar-refractivity contribution < 1.29 is 19.4 Å². The molecule has 6 nitrogen and oxygen atoms in total. The third-order valence-electron chi connectivity index (χ3n) is 3.95. The molecule has 0 radical (unpaired) electrons. The van der Waals surface area contributed by atoms with Gasteiger partial charge in [-0.3, -0.25) is 9.69 Å². The zero-order valence-electron chi connectivity index (χ0n) is 15.5. The van der Waals surface area contributed by atoms with E-state index in [2.05, 4.69) is 20.9 Å². The van der Waals surface area contributed by atoms with E-state index in [9.17, 15) is 14.7 Å². The fraction of sp³-hybridized carbons (Fsp3) is 0.150. The number of amidine groups is 1. The lowest BCUT2D eigenvalue weighted by Crippen LogP contribution is -2.23. The van der Waals surface area contributed by atoms with E-state index in [0.717, 1.165) is 0 Å². The van der Waals surface area contributed by atoms with Crippen molar-refractivity contribution in [2.45, 2.75) is 6.92 Å². The highest BCUT2D eigenvalue weighted by atomic mass is 79.9. The Morgan fingerprint density at radius 3 is 2.69 bits per heavy atom. The molecular weight excluding hydrogens is 480 g/mol. The molecule has 9 heteroatoms. The molecule has 150 valence electrons. The number of nitrogens with zero attached hydrogens (tertiary/aromatic N) is 2. The molecule has 0 spiro atoms. The molecule has 0 unspecified atom stereocenters. The molecule has 1 amide bonds. The van der Waals surface area contributed by atoms with Crippen LogP contribution >= 0.6 is 39.3 Å². The Morgan fingerprint density at radius 1 is 1.34 bits per heavy atom. The number of thioether (sulfide) groups is 1. The second-order valence-corrected chi connectivity index (χ2v) is 8.29. The number of hydrogen-bond acceptors (Lipinski definition) is 6. The van der Waals surface area contributed by atoms with Crippen LogP contribution in [-0.4, -0.2) is 40.7 Å². The maximum absolute atomic E-state index is 12.6. The van der Waals surface area contributed by atoms with Gasteiger partial charge in [0.1, 0.15) is 5.75 Å². The Balaban J connectivity index is 1.86. The normalized spacial score (nSPS) is 16.7. The van der Waals surface area contributed by atoms with Crippen molar-refractivity contribution in [1.29, 1.82) is 0 Å². The molecule has 1 fully saturated rings. The van der Waals surface area contributed by atoms with E-state index in [1.807, 2.05) is 0 Å². The largest absolute Gasteiger partial charge is 0.506 e. The molecule has 1 aliphatic heterocycles. The molecule has 0 aliphatic carbocycles. The van der Waals surface area contributed by atoms with Crippen LogP contribution in [0.2, 0.25) is 5.02 Å². The lowest BCUT2D eigenvalue weighted by Gasteiger charge is -2.07. The van der Waals surface area contributed by atoms with E-state index in [1.54, 1.807) is 56.4 Å². The first kappa shape index (κ1) is 21.4. The second kappa shape index (κ2) is 9.02. The summed E-state index contributed by atoms with van der Waals surface area (Å²) in [6, 6.07) is 9.85. The van der Waals surface area contributed by atoms with E-state index in [-0.39, 0.29) is 16.7 Å². The Hall–Kier alpha value is -2.29. The van der Waals surface area contributed by atoms with Crippen LogP contribution in [0.25, 0.3) is 6.08 Å². The van der Waals surface area contributed by atoms with E-state index in [0.29, 0.717) is 38.0 Å². The van der Waals surface area contributed by atoms with Crippen molar-refractivity contribution in [3.63, 3.8) is 0 Å². The Kier molecular flexibility index (Phi) is 6.66. The van der Waals surface area contributed by atoms with Crippen molar-refractivity contribution in [1.82, 2.24) is 4.90 Å². The summed E-state index contributed by atoms with van der Waals surface area (Å²) < 4.78 is 5.64. The van der Waals surface area contributed by atoms with Crippen molar-refractivity contribution in [3.05, 3.63) is 61.9 Å². The van der Waals surface area contributed by atoms with Gasteiger partial charge in [-0.2, -0.15) is 0 Å². The number of rotatable bonds is 4. The van der Waals surface area contributed by atoms with Gasteiger partial charge in [0.15, 0.2) is 5.17 Å². The summed E-state index contributed by atoms with van der Waals surface area (Å²) in [5.41, 5.74) is 1.45. The van der Waals surface area contributed by atoms with Crippen molar-refractivity contribution >= 4 is 68.1 Å². The van der Waals surface area contributed by atoms with Crippen molar-refractivity contribution in [2.75, 3.05) is 13.7 Å². The van der Waals surface area contributed by atoms with Gasteiger partial charge in [-0.15, -0.1) is 0 Å². The molecule has 1 N–H and O–H groups in total. The van der Waals surface area contributed by atoms with Gasteiger partial charge in [0, 0.05) is 17.1 Å². The average Bonchev–Trinajstić information content (AvgIpc) is 2.94. The minimum Gasteiger partial charge on any atom is -0.506 e. The number of ether oxygens (including phenoxy) is 1. The maximum atomic E-state index is 12.6. The fourth-order valence-corrected chi connectivity index (χ4v) is 4.30. The minimum atomic E-state index is -0.396. The van der Waals surface area contributed by atoms with Crippen LogP contribution in [0.3, 0.4) is 0 Å².